The van der Waals surface area contributed by atoms with Gasteiger partial charge in [0.1, 0.15) is 0 Å². The third-order valence-corrected chi connectivity index (χ3v) is 3.96. The fourth-order valence-electron chi connectivity index (χ4n) is 2.84. The lowest BCUT2D eigenvalue weighted by atomic mass is 10.0. The fourth-order valence-corrected chi connectivity index (χ4v) is 2.84. The number of aryl methyl sites for hydroxylation is 1. The highest BCUT2D eigenvalue weighted by molar-refractivity contribution is 5.37. The van der Waals surface area contributed by atoms with E-state index in [4.69, 9.17) is 10.5 Å². The predicted molar refractivity (Wildman–Crippen MR) is 74.2 cm³/mol. The molecule has 0 amide bonds. The first-order valence-electron chi connectivity index (χ1n) is 6.85. The standard InChI is InChI=1S/C16H19N3/c1-13-10-14(11-18)6-7-15(13)12-19(9-8-17)16-4-2-3-5-16/h6-7,10,16H,2-5,9,12H2,1H3. The molecule has 0 unspecified atom stereocenters. The van der Waals surface area contributed by atoms with Crippen LogP contribution >= 0.6 is 0 Å². The van der Waals surface area contributed by atoms with Gasteiger partial charge in [-0.1, -0.05) is 18.9 Å². The van der Waals surface area contributed by atoms with Crippen molar-refractivity contribution in [3.63, 3.8) is 0 Å². The van der Waals surface area contributed by atoms with E-state index in [2.05, 4.69) is 17.0 Å². The Hall–Kier alpha value is -1.84. The summed E-state index contributed by atoms with van der Waals surface area (Å²) in [7, 11) is 0. The second-order valence-corrected chi connectivity index (χ2v) is 5.25. The van der Waals surface area contributed by atoms with Crippen molar-refractivity contribution >= 4 is 0 Å². The van der Waals surface area contributed by atoms with Gasteiger partial charge in [0.25, 0.3) is 0 Å². The molecule has 0 aromatic heterocycles. The highest BCUT2D eigenvalue weighted by atomic mass is 15.2. The first kappa shape index (κ1) is 13.6. The van der Waals surface area contributed by atoms with Gasteiger partial charge in [-0.2, -0.15) is 10.5 Å². The number of nitriles is 2. The summed E-state index contributed by atoms with van der Waals surface area (Å²) in [6, 6.07) is 10.8. The summed E-state index contributed by atoms with van der Waals surface area (Å²) in [6.45, 7) is 3.34. The molecule has 1 aliphatic carbocycles. The van der Waals surface area contributed by atoms with Crippen LogP contribution in [0.25, 0.3) is 0 Å². The molecule has 3 nitrogen and oxygen atoms in total. The Bertz CT molecular complexity index is 516. The lowest BCUT2D eigenvalue weighted by molar-refractivity contribution is 0.214. The maximum absolute atomic E-state index is 8.99. The molecule has 1 saturated carbocycles. The van der Waals surface area contributed by atoms with Gasteiger partial charge in [-0.05, 0) is 43.0 Å². The zero-order valence-corrected chi connectivity index (χ0v) is 11.4. The summed E-state index contributed by atoms with van der Waals surface area (Å²) in [4.78, 5) is 2.28. The summed E-state index contributed by atoms with van der Waals surface area (Å²) < 4.78 is 0. The van der Waals surface area contributed by atoms with Crippen LogP contribution in [0.15, 0.2) is 18.2 Å². The van der Waals surface area contributed by atoms with E-state index in [9.17, 15) is 0 Å². The molecule has 0 N–H and O–H groups in total. The Morgan fingerprint density at radius 1 is 1.26 bits per heavy atom. The molecule has 0 heterocycles. The average Bonchev–Trinajstić information content (AvgIpc) is 2.94. The second kappa shape index (κ2) is 6.36. The molecule has 0 spiro atoms. The van der Waals surface area contributed by atoms with Crippen LogP contribution in [0, 0.1) is 29.6 Å². The first-order valence-corrected chi connectivity index (χ1v) is 6.85. The van der Waals surface area contributed by atoms with Crippen molar-refractivity contribution in [2.75, 3.05) is 6.54 Å². The Morgan fingerprint density at radius 2 is 2.00 bits per heavy atom. The van der Waals surface area contributed by atoms with Gasteiger partial charge in [-0.3, -0.25) is 4.90 Å². The molecule has 0 bridgehead atoms. The van der Waals surface area contributed by atoms with Crippen LogP contribution in [0.5, 0.6) is 0 Å². The minimum atomic E-state index is 0.490. The molecule has 0 atom stereocenters. The van der Waals surface area contributed by atoms with Crippen molar-refractivity contribution in [3.05, 3.63) is 34.9 Å². The maximum atomic E-state index is 8.99. The molecule has 1 aliphatic rings. The third kappa shape index (κ3) is 3.34. The molecule has 98 valence electrons. The Balaban J connectivity index is 2.13. The highest BCUT2D eigenvalue weighted by Crippen LogP contribution is 2.25. The van der Waals surface area contributed by atoms with E-state index in [0.717, 1.165) is 12.1 Å². The molecule has 1 aromatic rings. The van der Waals surface area contributed by atoms with E-state index in [0.29, 0.717) is 18.2 Å². The molecule has 0 radical (unpaired) electrons. The Labute approximate surface area is 115 Å². The van der Waals surface area contributed by atoms with Crippen LogP contribution in [0.2, 0.25) is 0 Å². The summed E-state index contributed by atoms with van der Waals surface area (Å²) >= 11 is 0. The van der Waals surface area contributed by atoms with E-state index < -0.39 is 0 Å². The lowest BCUT2D eigenvalue weighted by Gasteiger charge is -2.26. The SMILES string of the molecule is Cc1cc(C#N)ccc1CN(CC#N)C1CCCC1. The number of rotatable bonds is 4. The Kier molecular flexibility index (Phi) is 4.55. The van der Waals surface area contributed by atoms with E-state index in [-0.39, 0.29) is 0 Å². The number of hydrogen-bond donors (Lipinski definition) is 0. The van der Waals surface area contributed by atoms with E-state index in [1.165, 1.54) is 31.2 Å². The monoisotopic (exact) mass is 253 g/mol. The van der Waals surface area contributed by atoms with Gasteiger partial charge < -0.3 is 0 Å². The molecular weight excluding hydrogens is 234 g/mol. The largest absolute Gasteiger partial charge is 0.283 e. The molecule has 0 aliphatic heterocycles. The Morgan fingerprint density at radius 3 is 2.58 bits per heavy atom. The van der Waals surface area contributed by atoms with Crippen LogP contribution in [0.4, 0.5) is 0 Å². The smallest absolute Gasteiger partial charge is 0.0991 e. The number of benzene rings is 1. The van der Waals surface area contributed by atoms with Gasteiger partial charge in [0.15, 0.2) is 0 Å². The van der Waals surface area contributed by atoms with Crippen LogP contribution in [0.1, 0.15) is 42.4 Å². The van der Waals surface area contributed by atoms with Gasteiger partial charge in [0.05, 0.1) is 24.2 Å². The molecule has 1 fully saturated rings. The van der Waals surface area contributed by atoms with E-state index in [1.54, 1.807) is 0 Å². The highest BCUT2D eigenvalue weighted by Gasteiger charge is 2.22. The predicted octanol–water partition coefficient (Wildman–Crippen LogP) is 3.13. The third-order valence-electron chi connectivity index (χ3n) is 3.96. The summed E-state index contributed by atoms with van der Waals surface area (Å²) in [5.41, 5.74) is 3.06. The minimum absolute atomic E-state index is 0.490. The average molecular weight is 253 g/mol. The molecule has 3 heteroatoms. The lowest BCUT2D eigenvalue weighted by Crippen LogP contribution is -2.33. The minimum Gasteiger partial charge on any atom is -0.283 e. The fraction of sp³-hybridized carbons (Fsp3) is 0.500. The van der Waals surface area contributed by atoms with E-state index in [1.807, 2.05) is 25.1 Å². The molecule has 19 heavy (non-hydrogen) atoms. The van der Waals surface area contributed by atoms with Crippen molar-refractivity contribution in [1.29, 1.82) is 10.5 Å². The van der Waals surface area contributed by atoms with Gasteiger partial charge in [0.2, 0.25) is 0 Å². The second-order valence-electron chi connectivity index (χ2n) is 5.25. The van der Waals surface area contributed by atoms with Crippen LogP contribution in [-0.4, -0.2) is 17.5 Å². The number of nitrogens with zero attached hydrogens (tertiary/aromatic N) is 3. The van der Waals surface area contributed by atoms with Gasteiger partial charge in [-0.15, -0.1) is 0 Å². The molecular formula is C16H19N3. The van der Waals surface area contributed by atoms with Crippen molar-refractivity contribution in [1.82, 2.24) is 4.90 Å². The summed E-state index contributed by atoms with van der Waals surface area (Å²) in [6.07, 6.45) is 4.96. The zero-order chi connectivity index (χ0) is 13.7. The summed E-state index contributed by atoms with van der Waals surface area (Å²) in [5.74, 6) is 0. The van der Waals surface area contributed by atoms with Crippen molar-refractivity contribution in [2.45, 2.75) is 45.2 Å². The van der Waals surface area contributed by atoms with E-state index >= 15 is 0 Å². The maximum Gasteiger partial charge on any atom is 0.0991 e. The van der Waals surface area contributed by atoms with Crippen LogP contribution in [-0.2, 0) is 6.54 Å². The molecule has 1 aromatic carbocycles. The van der Waals surface area contributed by atoms with Gasteiger partial charge >= 0.3 is 0 Å². The van der Waals surface area contributed by atoms with Crippen molar-refractivity contribution in [3.8, 4) is 12.1 Å². The quantitative estimate of drug-likeness (QED) is 0.775. The topological polar surface area (TPSA) is 50.8 Å². The normalized spacial score (nSPS) is 15.4. The van der Waals surface area contributed by atoms with Crippen LogP contribution in [0.3, 0.4) is 0 Å². The molecule has 2 rings (SSSR count). The van der Waals surface area contributed by atoms with Crippen molar-refractivity contribution in [2.24, 2.45) is 0 Å². The van der Waals surface area contributed by atoms with Gasteiger partial charge in [0, 0.05) is 12.6 Å². The summed E-state index contributed by atoms with van der Waals surface area (Å²) in [5, 5.41) is 17.9. The number of hydrogen-bond acceptors (Lipinski definition) is 3. The molecule has 0 saturated heterocycles. The van der Waals surface area contributed by atoms with Crippen LogP contribution < -0.4 is 0 Å². The zero-order valence-electron chi connectivity index (χ0n) is 11.4. The first-order chi connectivity index (χ1) is 9.24. The van der Waals surface area contributed by atoms with Gasteiger partial charge in [-0.25, -0.2) is 0 Å². The van der Waals surface area contributed by atoms with Crippen molar-refractivity contribution < 1.29 is 0 Å².